The molecule has 38 heavy (non-hydrogen) atoms. The molecule has 0 fully saturated rings. The number of hydrogen-bond donors (Lipinski definition) is 0. The zero-order valence-corrected chi connectivity index (χ0v) is 23.9. The summed E-state index contributed by atoms with van der Waals surface area (Å²) >= 11 is 0. The molecule has 0 aliphatic rings. The first kappa shape index (κ1) is 28.5. The third-order valence-electron chi connectivity index (χ3n) is 6.66. The van der Waals surface area contributed by atoms with Crippen LogP contribution >= 0.6 is 0 Å². The molecule has 0 aliphatic carbocycles. The van der Waals surface area contributed by atoms with Gasteiger partial charge in [0.15, 0.2) is 0 Å². The zero-order chi connectivity index (χ0) is 27.7. The van der Waals surface area contributed by atoms with E-state index in [1.54, 1.807) is 0 Å². The van der Waals surface area contributed by atoms with Gasteiger partial charge in [-0.1, -0.05) is 91.6 Å². The van der Waals surface area contributed by atoms with Crippen molar-refractivity contribution in [3.05, 3.63) is 161 Å². The van der Waals surface area contributed by atoms with Crippen molar-refractivity contribution in [2.24, 2.45) is 0 Å². The average Bonchev–Trinajstić information content (AvgIpc) is 2.88. The van der Waals surface area contributed by atoms with Crippen LogP contribution in [0.15, 0.2) is 133 Å². The van der Waals surface area contributed by atoms with Gasteiger partial charge in [0.1, 0.15) is 0 Å². The maximum atomic E-state index is 4.52. The second-order valence-electron chi connectivity index (χ2n) is 9.93. The van der Waals surface area contributed by atoms with Crippen LogP contribution in [0.3, 0.4) is 0 Å². The van der Waals surface area contributed by atoms with Crippen molar-refractivity contribution in [2.45, 2.75) is 48.0 Å². The van der Waals surface area contributed by atoms with Crippen LogP contribution in [0.5, 0.6) is 0 Å². The molecule has 1 heteroatoms. The summed E-state index contributed by atoms with van der Waals surface area (Å²) in [5.74, 6) is 0. The highest BCUT2D eigenvalue weighted by Gasteiger charge is 2.14. The summed E-state index contributed by atoms with van der Waals surface area (Å²) < 4.78 is 0. The number of nitrogens with zero attached hydrogens (tertiary/aromatic N) is 1. The minimum atomic E-state index is 0.904. The minimum absolute atomic E-state index is 0.904. The van der Waals surface area contributed by atoms with E-state index in [1.807, 2.05) is 6.08 Å². The Bertz CT molecular complexity index is 1380. The van der Waals surface area contributed by atoms with Crippen LogP contribution in [0.2, 0.25) is 0 Å². The number of allylic oxidation sites excluding steroid dienone is 9. The van der Waals surface area contributed by atoms with E-state index in [4.69, 9.17) is 0 Å². The second kappa shape index (κ2) is 13.4. The van der Waals surface area contributed by atoms with Gasteiger partial charge in [0.25, 0.3) is 0 Å². The number of hydrogen-bond acceptors (Lipinski definition) is 1. The van der Waals surface area contributed by atoms with Crippen LogP contribution in [0.4, 0.5) is 11.4 Å². The third-order valence-corrected chi connectivity index (χ3v) is 6.66. The van der Waals surface area contributed by atoms with Crippen LogP contribution in [0.25, 0.3) is 5.57 Å². The lowest BCUT2D eigenvalue weighted by molar-refractivity contribution is 1.19. The fourth-order valence-corrected chi connectivity index (χ4v) is 4.65. The van der Waals surface area contributed by atoms with E-state index in [0.717, 1.165) is 29.1 Å². The van der Waals surface area contributed by atoms with Crippen LogP contribution < -0.4 is 4.90 Å². The van der Waals surface area contributed by atoms with Crippen LogP contribution in [0.1, 0.15) is 48.6 Å². The summed E-state index contributed by atoms with van der Waals surface area (Å²) in [5.41, 5.74) is 13.0. The summed E-state index contributed by atoms with van der Waals surface area (Å²) in [7, 11) is 0. The number of anilines is 2. The quantitative estimate of drug-likeness (QED) is 0.251. The molecule has 1 nitrogen and oxygen atoms in total. The monoisotopic (exact) mass is 499 g/mol. The predicted molar refractivity (Wildman–Crippen MR) is 169 cm³/mol. The minimum Gasteiger partial charge on any atom is -0.311 e. The first-order valence-electron chi connectivity index (χ1n) is 13.3. The predicted octanol–water partition coefficient (Wildman–Crippen LogP) is 10.5. The topological polar surface area (TPSA) is 3.24 Å². The summed E-state index contributed by atoms with van der Waals surface area (Å²) in [5, 5.41) is 0. The normalized spacial score (nSPS) is 12.6. The van der Waals surface area contributed by atoms with E-state index in [2.05, 4.69) is 157 Å². The standard InChI is InChI=1S/C37H41N/c1-9-27(3)15-11-12-18-33-21-22-37(31(7)26-33)36(10-2)30(6)25-32(8)38(34-19-13-16-28(4)23-34)35-20-14-17-29(5)24-35/h9-17,19-26H,1,8,18H2,2-7H3/b12-11-,27-15-,30-25-,36-10+. The zero-order valence-electron chi connectivity index (χ0n) is 23.9. The third kappa shape index (κ3) is 7.46. The fourth-order valence-electron chi connectivity index (χ4n) is 4.65. The number of rotatable bonds is 10. The average molecular weight is 500 g/mol. The molecular weight excluding hydrogens is 458 g/mol. The van der Waals surface area contributed by atoms with Gasteiger partial charge in [0, 0.05) is 17.1 Å². The van der Waals surface area contributed by atoms with Gasteiger partial charge in [0.05, 0.1) is 0 Å². The Morgan fingerprint density at radius 2 is 1.50 bits per heavy atom. The van der Waals surface area contributed by atoms with Gasteiger partial charge >= 0.3 is 0 Å². The molecule has 0 amide bonds. The smallest absolute Gasteiger partial charge is 0.0463 e. The van der Waals surface area contributed by atoms with Gasteiger partial charge in [-0.25, -0.2) is 0 Å². The molecule has 0 N–H and O–H groups in total. The van der Waals surface area contributed by atoms with E-state index in [-0.39, 0.29) is 0 Å². The molecule has 0 radical (unpaired) electrons. The molecule has 0 heterocycles. The molecule has 0 spiro atoms. The Balaban J connectivity index is 1.91. The number of aryl methyl sites for hydroxylation is 3. The summed E-state index contributed by atoms with van der Waals surface area (Å²) in [6.45, 7) is 21.1. The van der Waals surface area contributed by atoms with Crippen molar-refractivity contribution >= 4 is 16.9 Å². The fraction of sp³-hybridized carbons (Fsp3) is 0.189. The van der Waals surface area contributed by atoms with Gasteiger partial charge in [0.2, 0.25) is 0 Å². The molecule has 0 atom stereocenters. The lowest BCUT2D eigenvalue weighted by Crippen LogP contribution is -2.15. The molecule has 0 aromatic heterocycles. The largest absolute Gasteiger partial charge is 0.311 e. The Morgan fingerprint density at radius 1 is 0.868 bits per heavy atom. The maximum Gasteiger partial charge on any atom is 0.0463 e. The molecule has 0 saturated carbocycles. The first-order chi connectivity index (χ1) is 18.2. The van der Waals surface area contributed by atoms with E-state index in [9.17, 15) is 0 Å². The Labute approximate surface area is 230 Å². The van der Waals surface area contributed by atoms with Gasteiger partial charge in [-0.2, -0.15) is 0 Å². The lowest BCUT2D eigenvalue weighted by Gasteiger charge is -2.27. The SMILES string of the molecule is C=C/C(C)=C\C=C/Cc1ccc(C(=C/C)/C(C)=C\C(=C)N(c2cccc(C)c2)c2cccc(C)c2)c(C)c1. The first-order valence-corrected chi connectivity index (χ1v) is 13.3. The molecular formula is C37H41N. The Kier molecular flexibility index (Phi) is 10.1. The summed E-state index contributed by atoms with van der Waals surface area (Å²) in [4.78, 5) is 2.24. The maximum absolute atomic E-state index is 4.52. The second-order valence-corrected chi connectivity index (χ2v) is 9.93. The van der Waals surface area contributed by atoms with Crippen molar-refractivity contribution < 1.29 is 0 Å². The van der Waals surface area contributed by atoms with E-state index >= 15 is 0 Å². The highest BCUT2D eigenvalue weighted by molar-refractivity contribution is 5.82. The van der Waals surface area contributed by atoms with Crippen molar-refractivity contribution in [3.63, 3.8) is 0 Å². The molecule has 194 valence electrons. The molecule has 3 rings (SSSR count). The number of benzene rings is 3. The molecule has 0 saturated heterocycles. The summed E-state index contributed by atoms with van der Waals surface area (Å²) in [6, 6.07) is 23.9. The molecule has 3 aromatic carbocycles. The highest BCUT2D eigenvalue weighted by atomic mass is 15.1. The van der Waals surface area contributed by atoms with Crippen molar-refractivity contribution in [1.82, 2.24) is 0 Å². The van der Waals surface area contributed by atoms with Crippen LogP contribution in [-0.2, 0) is 6.42 Å². The molecule has 0 bridgehead atoms. The Hall–Kier alpha value is -4.10. The van der Waals surface area contributed by atoms with Crippen molar-refractivity contribution in [2.75, 3.05) is 4.90 Å². The summed E-state index contributed by atoms with van der Waals surface area (Å²) in [6.07, 6.45) is 13.6. The highest BCUT2D eigenvalue weighted by Crippen LogP contribution is 2.33. The van der Waals surface area contributed by atoms with E-state index in [1.165, 1.54) is 39.0 Å². The van der Waals surface area contributed by atoms with Crippen molar-refractivity contribution in [3.8, 4) is 0 Å². The van der Waals surface area contributed by atoms with Gasteiger partial charge in [-0.3, -0.25) is 0 Å². The van der Waals surface area contributed by atoms with Gasteiger partial charge < -0.3 is 4.90 Å². The van der Waals surface area contributed by atoms with Crippen LogP contribution in [-0.4, -0.2) is 0 Å². The van der Waals surface area contributed by atoms with Gasteiger partial charge in [-0.05, 0) is 117 Å². The molecule has 0 unspecified atom stereocenters. The Morgan fingerprint density at radius 3 is 2.03 bits per heavy atom. The van der Waals surface area contributed by atoms with Crippen LogP contribution in [0, 0.1) is 20.8 Å². The lowest BCUT2D eigenvalue weighted by atomic mass is 9.92. The van der Waals surface area contributed by atoms with E-state index < -0.39 is 0 Å². The van der Waals surface area contributed by atoms with Crippen molar-refractivity contribution in [1.29, 1.82) is 0 Å². The van der Waals surface area contributed by atoms with E-state index in [0.29, 0.717) is 0 Å². The molecule has 3 aromatic rings. The van der Waals surface area contributed by atoms with Gasteiger partial charge in [-0.15, -0.1) is 0 Å². The molecule has 0 aliphatic heterocycles.